The molecule has 3 heterocycles. The molecule has 3 saturated heterocycles. The number of aliphatic hydroxyl groups is 1. The first-order valence-corrected chi connectivity index (χ1v) is 11.0. The van der Waals surface area contributed by atoms with Gasteiger partial charge in [-0.15, -0.1) is 0 Å². The summed E-state index contributed by atoms with van der Waals surface area (Å²) >= 11 is 0. The van der Waals surface area contributed by atoms with E-state index in [1.807, 2.05) is 0 Å². The Morgan fingerprint density at radius 3 is 2.45 bits per heavy atom. The van der Waals surface area contributed by atoms with E-state index >= 15 is 0 Å². The molecule has 0 aromatic rings. The number of rotatable bonds is 8. The van der Waals surface area contributed by atoms with Gasteiger partial charge < -0.3 is 29.2 Å². The standard InChI is InChI=1S/C12H19NO14S2/c14-5-1-4(2-24-29(20,21)22)25-12(7(5)13-28(17,18)19)27-9-8-6(26-8)3-23-10(9)11(15)16/h4-10,12-14H,1-3H2,(H,15,16)(H,17,18,19)(H,20,21,22)/t4?,5-,6?,7?,8+,9-,10?,12+/m1/s1. The average molecular weight is 465 g/mol. The van der Waals surface area contributed by atoms with E-state index in [1.165, 1.54) is 0 Å². The number of aliphatic carboxylic acids is 1. The van der Waals surface area contributed by atoms with Gasteiger partial charge >= 0.3 is 26.7 Å². The Bertz CT molecular complexity index is 830. The van der Waals surface area contributed by atoms with Crippen molar-refractivity contribution in [3.05, 3.63) is 0 Å². The number of aliphatic hydroxyl groups excluding tert-OH is 1. The van der Waals surface area contributed by atoms with Crippen LogP contribution in [0.3, 0.4) is 0 Å². The van der Waals surface area contributed by atoms with Crippen molar-refractivity contribution in [2.45, 2.75) is 55.4 Å². The van der Waals surface area contributed by atoms with Crippen LogP contribution in [-0.2, 0) is 48.6 Å². The fourth-order valence-corrected chi connectivity index (χ4v) is 4.12. The van der Waals surface area contributed by atoms with Crippen molar-refractivity contribution >= 4 is 26.7 Å². The van der Waals surface area contributed by atoms with Gasteiger partial charge in [0.1, 0.15) is 24.4 Å². The number of hydrogen-bond donors (Lipinski definition) is 5. The highest BCUT2D eigenvalue weighted by molar-refractivity contribution is 7.83. The van der Waals surface area contributed by atoms with Crippen molar-refractivity contribution in [1.82, 2.24) is 4.72 Å². The fourth-order valence-electron chi connectivity index (χ4n) is 3.18. The number of epoxide rings is 1. The molecule has 5 N–H and O–H groups in total. The molecule has 17 heteroatoms. The average Bonchev–Trinajstić information content (AvgIpc) is 3.34. The van der Waals surface area contributed by atoms with Crippen molar-refractivity contribution in [1.29, 1.82) is 0 Å². The van der Waals surface area contributed by atoms with Gasteiger partial charge in [-0.2, -0.15) is 21.6 Å². The van der Waals surface area contributed by atoms with Crippen LogP contribution in [0.2, 0.25) is 0 Å². The van der Waals surface area contributed by atoms with E-state index in [2.05, 4.69) is 4.18 Å². The third kappa shape index (κ3) is 6.01. The maximum atomic E-state index is 11.4. The molecule has 0 aliphatic carbocycles. The summed E-state index contributed by atoms with van der Waals surface area (Å²) in [5.41, 5.74) is 0. The molecule has 0 aromatic carbocycles. The molecule has 0 amide bonds. The topological polar surface area (TPSA) is 228 Å². The lowest BCUT2D eigenvalue weighted by atomic mass is 10.00. The van der Waals surface area contributed by atoms with E-state index in [1.54, 1.807) is 4.72 Å². The van der Waals surface area contributed by atoms with Crippen LogP contribution in [0.15, 0.2) is 0 Å². The fraction of sp³-hybridized carbons (Fsp3) is 0.917. The van der Waals surface area contributed by atoms with Crippen LogP contribution < -0.4 is 4.72 Å². The monoisotopic (exact) mass is 465 g/mol. The second kappa shape index (κ2) is 8.27. The molecular weight excluding hydrogens is 446 g/mol. The molecular formula is C12H19NO14S2. The minimum absolute atomic E-state index is 0.00711. The Balaban J connectivity index is 1.78. The van der Waals surface area contributed by atoms with Crippen molar-refractivity contribution < 1.29 is 64.1 Å². The molecule has 0 saturated carbocycles. The van der Waals surface area contributed by atoms with Crippen LogP contribution in [0.4, 0.5) is 0 Å². The highest BCUT2D eigenvalue weighted by Gasteiger charge is 2.57. The number of carboxylic acids is 1. The largest absolute Gasteiger partial charge is 0.479 e. The van der Waals surface area contributed by atoms with E-state index in [-0.39, 0.29) is 13.0 Å². The number of nitrogens with one attached hydrogen (secondary N) is 1. The third-order valence-corrected chi connectivity index (χ3v) is 5.45. The van der Waals surface area contributed by atoms with Crippen LogP contribution in [-0.4, -0.2) is 104 Å². The summed E-state index contributed by atoms with van der Waals surface area (Å²) in [6.07, 6.45) is -8.67. The molecule has 0 aromatic heterocycles. The molecule has 4 unspecified atom stereocenters. The highest BCUT2D eigenvalue weighted by Crippen LogP contribution is 2.37. The van der Waals surface area contributed by atoms with E-state index < -0.39 is 82.2 Å². The van der Waals surface area contributed by atoms with Gasteiger partial charge in [-0.3, -0.25) is 9.11 Å². The first-order chi connectivity index (χ1) is 13.3. The number of carboxylic acid groups (broad SMARTS) is 1. The lowest BCUT2D eigenvalue weighted by Gasteiger charge is -2.41. The first-order valence-electron chi connectivity index (χ1n) is 8.19. The van der Waals surface area contributed by atoms with Crippen LogP contribution in [0.5, 0.6) is 0 Å². The van der Waals surface area contributed by atoms with Gasteiger partial charge in [-0.05, 0) is 0 Å². The normalized spacial score (nSPS) is 40.2. The molecule has 0 radical (unpaired) electrons. The second-order valence-corrected chi connectivity index (χ2v) is 8.87. The number of ether oxygens (including phenoxy) is 4. The number of carbonyl (C=O) groups is 1. The van der Waals surface area contributed by atoms with Crippen LogP contribution in [0, 0.1) is 0 Å². The van der Waals surface area contributed by atoms with Crippen molar-refractivity contribution in [3.8, 4) is 0 Å². The van der Waals surface area contributed by atoms with Gasteiger partial charge in [0.15, 0.2) is 12.4 Å². The molecule has 3 rings (SSSR count). The Kier molecular flexibility index (Phi) is 6.47. The smallest absolute Gasteiger partial charge is 0.397 e. The number of fused-ring (bicyclic) bond motifs is 1. The van der Waals surface area contributed by atoms with Gasteiger partial charge in [0.05, 0.1) is 25.4 Å². The zero-order valence-corrected chi connectivity index (χ0v) is 16.1. The highest BCUT2D eigenvalue weighted by atomic mass is 32.3. The molecule has 8 atom stereocenters. The quantitative estimate of drug-likeness (QED) is 0.175. The van der Waals surface area contributed by atoms with Crippen molar-refractivity contribution in [2.24, 2.45) is 0 Å². The molecule has 29 heavy (non-hydrogen) atoms. The summed E-state index contributed by atoms with van der Waals surface area (Å²) in [4.78, 5) is 11.4. The zero-order chi connectivity index (χ0) is 21.6. The summed E-state index contributed by atoms with van der Waals surface area (Å²) in [6, 6.07) is -1.58. The predicted octanol–water partition coefficient (Wildman–Crippen LogP) is -3.32. The van der Waals surface area contributed by atoms with Gasteiger partial charge in [0, 0.05) is 6.42 Å². The summed E-state index contributed by atoms with van der Waals surface area (Å²) in [6.45, 7) is -0.742. The van der Waals surface area contributed by atoms with Gasteiger partial charge in [-0.1, -0.05) is 0 Å². The summed E-state index contributed by atoms with van der Waals surface area (Å²) in [5, 5.41) is 19.5. The number of hydrogen-bond acceptors (Lipinski definition) is 11. The molecule has 3 aliphatic rings. The van der Waals surface area contributed by atoms with E-state index in [0.29, 0.717) is 0 Å². The Hall–Kier alpha value is -0.990. The van der Waals surface area contributed by atoms with Gasteiger partial charge in [-0.25, -0.2) is 8.98 Å². The maximum Gasteiger partial charge on any atom is 0.397 e. The lowest BCUT2D eigenvalue weighted by Crippen LogP contribution is -2.61. The van der Waals surface area contributed by atoms with Gasteiger partial charge in [0.25, 0.3) is 0 Å². The SMILES string of the molecule is O=C(O)C1OCC2O[C@@H]2[C@H]1O[C@@H]1OC(COS(=O)(=O)O)C[C@@H](O)C1NS(=O)(=O)O. The maximum absolute atomic E-state index is 11.4. The Morgan fingerprint density at radius 1 is 1.17 bits per heavy atom. The van der Waals surface area contributed by atoms with Crippen molar-refractivity contribution in [3.63, 3.8) is 0 Å². The summed E-state index contributed by atoms with van der Waals surface area (Å²) < 4.78 is 88.8. The summed E-state index contributed by atoms with van der Waals surface area (Å²) in [7, 11) is -9.65. The molecule has 0 bridgehead atoms. The van der Waals surface area contributed by atoms with Crippen LogP contribution >= 0.6 is 0 Å². The molecule has 3 fully saturated rings. The predicted molar refractivity (Wildman–Crippen MR) is 86.2 cm³/mol. The van der Waals surface area contributed by atoms with E-state index in [4.69, 9.17) is 28.1 Å². The minimum Gasteiger partial charge on any atom is -0.479 e. The van der Waals surface area contributed by atoms with Crippen LogP contribution in [0.1, 0.15) is 6.42 Å². The van der Waals surface area contributed by atoms with Crippen LogP contribution in [0.25, 0.3) is 0 Å². The molecule has 3 aliphatic heterocycles. The van der Waals surface area contributed by atoms with E-state index in [0.717, 1.165) is 0 Å². The minimum atomic E-state index is -4.83. The molecule has 0 spiro atoms. The Labute approximate surface area is 164 Å². The molecule has 15 nitrogen and oxygen atoms in total. The second-order valence-electron chi connectivity index (χ2n) is 6.59. The zero-order valence-electron chi connectivity index (χ0n) is 14.4. The third-order valence-electron chi connectivity index (χ3n) is 4.45. The van der Waals surface area contributed by atoms with E-state index in [9.17, 15) is 31.8 Å². The Morgan fingerprint density at radius 2 is 1.86 bits per heavy atom. The summed E-state index contributed by atoms with van der Waals surface area (Å²) in [5.74, 6) is -1.38. The first kappa shape index (κ1) is 22.7. The van der Waals surface area contributed by atoms with Gasteiger partial charge in [0.2, 0.25) is 0 Å². The lowest BCUT2D eigenvalue weighted by molar-refractivity contribution is -0.266. The van der Waals surface area contributed by atoms with Crippen molar-refractivity contribution in [2.75, 3.05) is 13.2 Å². The molecule has 168 valence electrons.